The number of hydrogen-bond acceptors (Lipinski definition) is 4. The molecule has 1 aliphatic carbocycles. The molecule has 0 amide bonds. The van der Waals surface area contributed by atoms with Gasteiger partial charge in [0.05, 0.1) is 18.8 Å². The molecule has 88 valence electrons. The van der Waals surface area contributed by atoms with E-state index in [0.717, 1.165) is 37.1 Å². The molecule has 0 aromatic carbocycles. The van der Waals surface area contributed by atoms with Crippen LogP contribution in [0.5, 0.6) is 0 Å². The highest BCUT2D eigenvalue weighted by atomic mass is 16.3. The number of aliphatic hydroxyl groups is 1. The molecule has 1 fully saturated rings. The van der Waals surface area contributed by atoms with Gasteiger partial charge in [0.15, 0.2) is 0 Å². The summed E-state index contributed by atoms with van der Waals surface area (Å²) in [6.07, 6.45) is 3.66. The maximum absolute atomic E-state index is 8.93. The minimum atomic E-state index is 0.0943. The molecule has 5 heteroatoms. The summed E-state index contributed by atoms with van der Waals surface area (Å²) in [5.41, 5.74) is 8.37. The van der Waals surface area contributed by atoms with Crippen LogP contribution in [0.4, 0.5) is 5.82 Å². The Bertz CT molecular complexity index is 397. The van der Waals surface area contributed by atoms with Crippen molar-refractivity contribution in [1.82, 2.24) is 14.7 Å². The predicted molar refractivity (Wildman–Crippen MR) is 60.9 cm³/mol. The number of fused-ring (bicyclic) bond motifs is 1. The number of rotatable bonds is 3. The molecule has 1 aromatic heterocycles. The minimum absolute atomic E-state index is 0.0943. The monoisotopic (exact) mass is 222 g/mol. The van der Waals surface area contributed by atoms with Crippen molar-refractivity contribution in [2.45, 2.75) is 38.4 Å². The zero-order chi connectivity index (χ0) is 11.1. The molecule has 16 heavy (non-hydrogen) atoms. The van der Waals surface area contributed by atoms with Gasteiger partial charge in [0, 0.05) is 31.1 Å². The third-order valence-electron chi connectivity index (χ3n) is 3.55. The topological polar surface area (TPSA) is 67.3 Å². The smallest absolute Gasteiger partial charge is 0.126 e. The first-order valence-electron chi connectivity index (χ1n) is 5.98. The molecular formula is C11H18N4O. The highest BCUT2D eigenvalue weighted by Gasteiger charge is 2.33. The Kier molecular flexibility index (Phi) is 2.37. The van der Waals surface area contributed by atoms with Gasteiger partial charge in [0.25, 0.3) is 0 Å². The van der Waals surface area contributed by atoms with E-state index in [0.29, 0.717) is 6.54 Å². The van der Waals surface area contributed by atoms with Crippen molar-refractivity contribution in [2.24, 2.45) is 0 Å². The van der Waals surface area contributed by atoms with Crippen molar-refractivity contribution in [3.63, 3.8) is 0 Å². The molecule has 5 nitrogen and oxygen atoms in total. The molecule has 0 radical (unpaired) electrons. The number of anilines is 1. The predicted octanol–water partition coefficient (Wildman–Crippen LogP) is -0.0219. The lowest BCUT2D eigenvalue weighted by molar-refractivity contribution is 0.243. The zero-order valence-corrected chi connectivity index (χ0v) is 9.39. The van der Waals surface area contributed by atoms with Crippen LogP contribution in [-0.4, -0.2) is 39.0 Å². The fourth-order valence-electron chi connectivity index (χ4n) is 2.48. The molecule has 3 rings (SSSR count). The molecular weight excluding hydrogens is 204 g/mol. The van der Waals surface area contributed by atoms with Gasteiger partial charge in [0.1, 0.15) is 5.82 Å². The highest BCUT2D eigenvalue weighted by Crippen LogP contribution is 2.33. The van der Waals surface area contributed by atoms with Crippen molar-refractivity contribution in [3.8, 4) is 0 Å². The van der Waals surface area contributed by atoms with Crippen LogP contribution in [0.2, 0.25) is 0 Å². The molecule has 1 saturated carbocycles. The van der Waals surface area contributed by atoms with Crippen molar-refractivity contribution in [3.05, 3.63) is 11.3 Å². The van der Waals surface area contributed by atoms with Gasteiger partial charge in [-0.2, -0.15) is 5.10 Å². The quantitative estimate of drug-likeness (QED) is 0.754. The number of nitrogens with zero attached hydrogens (tertiary/aromatic N) is 3. The van der Waals surface area contributed by atoms with Gasteiger partial charge < -0.3 is 10.8 Å². The van der Waals surface area contributed by atoms with Gasteiger partial charge in [-0.3, -0.25) is 4.90 Å². The maximum atomic E-state index is 8.93. The van der Waals surface area contributed by atoms with Crippen LogP contribution >= 0.6 is 0 Å². The summed E-state index contributed by atoms with van der Waals surface area (Å²) < 4.78 is 1.74. The Morgan fingerprint density at radius 2 is 2.25 bits per heavy atom. The van der Waals surface area contributed by atoms with Crippen molar-refractivity contribution >= 4 is 5.82 Å². The fraction of sp³-hybridized carbons (Fsp3) is 0.727. The first-order chi connectivity index (χ1) is 7.79. The molecule has 1 aliphatic heterocycles. The third kappa shape index (κ3) is 1.60. The second-order valence-electron chi connectivity index (χ2n) is 4.71. The summed E-state index contributed by atoms with van der Waals surface area (Å²) in [6, 6.07) is 0.786. The molecule has 2 aliphatic rings. The Hall–Kier alpha value is -1.07. The number of aliphatic hydroxyl groups excluding tert-OH is 1. The molecule has 0 spiro atoms. The SMILES string of the molecule is Nc1c2c(nn1CCO)CCN(C1CC1)C2. The van der Waals surface area contributed by atoms with Crippen LogP contribution in [0.15, 0.2) is 0 Å². The molecule has 0 unspecified atom stereocenters. The van der Waals surface area contributed by atoms with E-state index in [1.54, 1.807) is 4.68 Å². The molecule has 0 saturated heterocycles. The zero-order valence-electron chi connectivity index (χ0n) is 9.39. The highest BCUT2D eigenvalue weighted by molar-refractivity contribution is 5.44. The van der Waals surface area contributed by atoms with Crippen LogP contribution in [0.1, 0.15) is 24.1 Å². The van der Waals surface area contributed by atoms with E-state index >= 15 is 0 Å². The number of nitrogen functional groups attached to an aromatic ring is 1. The number of hydrogen-bond donors (Lipinski definition) is 2. The lowest BCUT2D eigenvalue weighted by atomic mass is 10.1. The van der Waals surface area contributed by atoms with E-state index in [4.69, 9.17) is 10.8 Å². The van der Waals surface area contributed by atoms with Gasteiger partial charge in [0.2, 0.25) is 0 Å². The van der Waals surface area contributed by atoms with Gasteiger partial charge in [-0.15, -0.1) is 0 Å². The number of aromatic nitrogens is 2. The van der Waals surface area contributed by atoms with E-state index in [2.05, 4.69) is 10.00 Å². The van der Waals surface area contributed by atoms with Gasteiger partial charge in [-0.1, -0.05) is 0 Å². The van der Waals surface area contributed by atoms with E-state index in [9.17, 15) is 0 Å². The lowest BCUT2D eigenvalue weighted by Gasteiger charge is -2.25. The van der Waals surface area contributed by atoms with Gasteiger partial charge in [-0.25, -0.2) is 4.68 Å². The molecule has 2 heterocycles. The molecule has 0 bridgehead atoms. The minimum Gasteiger partial charge on any atom is -0.394 e. The summed E-state index contributed by atoms with van der Waals surface area (Å²) in [5.74, 6) is 0.745. The molecule has 3 N–H and O–H groups in total. The van der Waals surface area contributed by atoms with Crippen LogP contribution in [-0.2, 0) is 19.5 Å². The Morgan fingerprint density at radius 3 is 2.94 bits per heavy atom. The van der Waals surface area contributed by atoms with Crippen LogP contribution in [0.3, 0.4) is 0 Å². The van der Waals surface area contributed by atoms with Crippen LogP contribution < -0.4 is 5.73 Å². The summed E-state index contributed by atoms with van der Waals surface area (Å²) in [7, 11) is 0. The van der Waals surface area contributed by atoms with Crippen molar-refractivity contribution in [1.29, 1.82) is 0 Å². The molecule has 0 atom stereocenters. The van der Waals surface area contributed by atoms with Gasteiger partial charge in [-0.05, 0) is 12.8 Å². The van der Waals surface area contributed by atoms with Gasteiger partial charge >= 0.3 is 0 Å². The van der Waals surface area contributed by atoms with Crippen LogP contribution in [0.25, 0.3) is 0 Å². The maximum Gasteiger partial charge on any atom is 0.126 e. The summed E-state index contributed by atoms with van der Waals surface area (Å²) in [5, 5.41) is 13.4. The van der Waals surface area contributed by atoms with Crippen LogP contribution in [0, 0.1) is 0 Å². The Balaban J connectivity index is 1.85. The average molecular weight is 222 g/mol. The summed E-state index contributed by atoms with van der Waals surface area (Å²) >= 11 is 0. The average Bonchev–Trinajstić information content (AvgIpc) is 3.08. The Labute approximate surface area is 94.8 Å². The normalized spacial score (nSPS) is 21.1. The lowest BCUT2D eigenvalue weighted by Crippen LogP contribution is -2.32. The first-order valence-corrected chi connectivity index (χ1v) is 5.98. The van der Waals surface area contributed by atoms with E-state index in [1.807, 2.05) is 0 Å². The molecule has 1 aromatic rings. The second kappa shape index (κ2) is 3.75. The fourth-order valence-corrected chi connectivity index (χ4v) is 2.48. The van der Waals surface area contributed by atoms with E-state index in [-0.39, 0.29) is 6.61 Å². The van der Waals surface area contributed by atoms with E-state index in [1.165, 1.54) is 18.4 Å². The number of nitrogens with two attached hydrogens (primary N) is 1. The summed E-state index contributed by atoms with van der Waals surface area (Å²) in [4.78, 5) is 2.50. The van der Waals surface area contributed by atoms with Crippen molar-refractivity contribution in [2.75, 3.05) is 18.9 Å². The van der Waals surface area contributed by atoms with Crippen molar-refractivity contribution < 1.29 is 5.11 Å². The van der Waals surface area contributed by atoms with E-state index < -0.39 is 0 Å². The third-order valence-corrected chi connectivity index (χ3v) is 3.55. The largest absolute Gasteiger partial charge is 0.394 e. The Morgan fingerprint density at radius 1 is 1.44 bits per heavy atom. The first kappa shape index (κ1) is 10.1. The summed E-state index contributed by atoms with van der Waals surface area (Å²) in [6.45, 7) is 2.64. The second-order valence-corrected chi connectivity index (χ2v) is 4.71. The standard InChI is InChI=1S/C11H18N4O/c12-11-9-7-14(8-1-2-8)4-3-10(9)13-15(11)5-6-16/h8,16H,1-7,12H2.